The van der Waals surface area contributed by atoms with Gasteiger partial charge in [0.2, 0.25) is 11.8 Å². The molecule has 3 atom stereocenters. The van der Waals surface area contributed by atoms with Crippen LogP contribution in [0.25, 0.3) is 49.1 Å². The zero-order valence-electron chi connectivity index (χ0n) is 32.5. The molecule has 2 fully saturated rings. The summed E-state index contributed by atoms with van der Waals surface area (Å²) in [4.78, 5) is 71.8. The molecule has 14 nitrogen and oxygen atoms in total. The minimum absolute atomic E-state index is 0.00142. The molecule has 2 aliphatic rings. The van der Waals surface area contributed by atoms with Crippen molar-refractivity contribution in [1.82, 2.24) is 19.9 Å². The van der Waals surface area contributed by atoms with Crippen LogP contribution in [0.15, 0.2) is 67.5 Å². The van der Waals surface area contributed by atoms with Crippen LogP contribution in [0.2, 0.25) is 0 Å². The van der Waals surface area contributed by atoms with Crippen molar-refractivity contribution < 1.29 is 33.0 Å². The SMILES string of the molecule is CC(C)(C)OC(=O)NC1CCN(C(=O)c2cn3c4cc5c(=O)c6ccccc6c(=O)c5cc4oc4c(N5CCC(NC(O)OC(C)(C)C)C5)c(F)cc(c2=O)c43)C1. The summed E-state index contributed by atoms with van der Waals surface area (Å²) in [6, 6.07) is 9.84. The molecule has 0 aliphatic carbocycles. The Balaban J connectivity index is 1.28. The van der Waals surface area contributed by atoms with Crippen molar-refractivity contribution in [3.05, 3.63) is 90.7 Å². The van der Waals surface area contributed by atoms with Crippen molar-refractivity contribution >= 4 is 66.8 Å². The maximum Gasteiger partial charge on any atom is 0.407 e. The van der Waals surface area contributed by atoms with Crippen LogP contribution in [-0.4, -0.2) is 82.3 Å². The molecule has 2 saturated heterocycles. The van der Waals surface area contributed by atoms with E-state index in [0.717, 1.165) is 6.07 Å². The third-order valence-corrected chi connectivity index (χ3v) is 10.4. The van der Waals surface area contributed by atoms with E-state index in [2.05, 4.69) is 10.6 Å². The second-order valence-electron chi connectivity index (χ2n) is 16.9. The Labute approximate surface area is 325 Å². The highest BCUT2D eigenvalue weighted by Crippen LogP contribution is 2.38. The van der Waals surface area contributed by atoms with Crippen LogP contribution in [0.1, 0.15) is 64.7 Å². The number of pyridine rings is 1. The highest BCUT2D eigenvalue weighted by molar-refractivity contribution is 6.08. The number of rotatable bonds is 6. The molecule has 3 N–H and O–H groups in total. The number of likely N-dealkylation sites (tertiary alicyclic amines) is 1. The Morgan fingerprint density at radius 3 is 2.19 bits per heavy atom. The molecule has 8 rings (SSSR count). The molecule has 2 aliphatic heterocycles. The van der Waals surface area contributed by atoms with Gasteiger partial charge in [0.1, 0.15) is 22.4 Å². The number of carbonyl (C=O) groups is 2. The van der Waals surface area contributed by atoms with Gasteiger partial charge in [-0.05, 0) is 72.6 Å². The molecule has 3 unspecified atom stereocenters. The molecule has 4 aromatic carbocycles. The topological polar surface area (TPSA) is 172 Å². The van der Waals surface area contributed by atoms with Crippen molar-refractivity contribution in [2.24, 2.45) is 0 Å². The van der Waals surface area contributed by atoms with Crippen LogP contribution < -0.4 is 31.8 Å². The average molecular weight is 782 g/mol. The quantitative estimate of drug-likeness (QED) is 0.120. The lowest BCUT2D eigenvalue weighted by molar-refractivity contribution is -0.184. The lowest BCUT2D eigenvalue weighted by atomic mass is 10.0. The van der Waals surface area contributed by atoms with Gasteiger partial charge in [-0.25, -0.2) is 9.18 Å². The Bertz CT molecular complexity index is 2810. The zero-order chi connectivity index (χ0) is 40.7. The predicted octanol–water partition coefficient (Wildman–Crippen LogP) is 4.80. The van der Waals surface area contributed by atoms with Gasteiger partial charge in [-0.3, -0.25) is 24.5 Å². The molecule has 0 bridgehead atoms. The molecule has 0 saturated carbocycles. The van der Waals surface area contributed by atoms with E-state index in [4.69, 9.17) is 13.9 Å². The number of carbonyl (C=O) groups excluding carboxylic acids is 2. The Hall–Kier alpha value is -5.64. The largest absolute Gasteiger partial charge is 0.451 e. The van der Waals surface area contributed by atoms with Gasteiger partial charge >= 0.3 is 6.09 Å². The third-order valence-electron chi connectivity index (χ3n) is 10.4. The Kier molecular flexibility index (Phi) is 9.25. The molecule has 57 heavy (non-hydrogen) atoms. The number of anilines is 1. The van der Waals surface area contributed by atoms with Crippen molar-refractivity contribution in [2.75, 3.05) is 31.1 Å². The summed E-state index contributed by atoms with van der Waals surface area (Å²) < 4.78 is 35.6. The standard InChI is InChI=1S/C42H44FN5O9/c1-41(2,3)56-39(53)44-21-11-13-46(18-21)33-29(43)15-27-32-37(33)55-31-17-26-25(34(49)23-9-7-8-10-24(23)35(26)50)16-30(31)48(32)20-28(36(27)51)38(52)47-14-12-22(19-47)45-40(54)57-42(4,5)6/h7-10,15-17,20-22,39,44,53H,11-14,18-19H2,1-6H3,(H,45,54). The number of benzene rings is 4. The number of hydrogen-bond donors (Lipinski definition) is 3. The van der Waals surface area contributed by atoms with Crippen LogP contribution in [0, 0.1) is 5.82 Å². The molecule has 0 radical (unpaired) electrons. The normalized spacial score (nSPS) is 18.5. The first kappa shape index (κ1) is 38.2. The molecule has 0 spiro atoms. The summed E-state index contributed by atoms with van der Waals surface area (Å²) in [7, 11) is 0. The summed E-state index contributed by atoms with van der Waals surface area (Å²) in [5, 5.41) is 16.9. The Morgan fingerprint density at radius 1 is 0.860 bits per heavy atom. The van der Waals surface area contributed by atoms with E-state index in [1.165, 1.54) is 23.2 Å². The van der Waals surface area contributed by atoms with Crippen LogP contribution in [0.4, 0.5) is 14.9 Å². The highest BCUT2D eigenvalue weighted by atomic mass is 19.1. The fraction of sp³-hybridized carbons (Fsp3) is 0.405. The number of ether oxygens (including phenoxy) is 2. The molecular formula is C42H44FN5O9. The first-order valence-electron chi connectivity index (χ1n) is 19.0. The number of aromatic nitrogens is 1. The summed E-state index contributed by atoms with van der Waals surface area (Å²) in [6.07, 6.45) is 0.412. The molecular weight excluding hydrogens is 737 g/mol. The maximum absolute atomic E-state index is 16.6. The summed E-state index contributed by atoms with van der Waals surface area (Å²) in [6.45, 7) is 11.6. The van der Waals surface area contributed by atoms with Crippen LogP contribution in [0.5, 0.6) is 0 Å². The molecule has 6 aromatic rings. The van der Waals surface area contributed by atoms with Gasteiger partial charge in [0, 0.05) is 60.0 Å². The lowest BCUT2D eigenvalue weighted by Gasteiger charge is -2.27. The summed E-state index contributed by atoms with van der Waals surface area (Å²) >= 11 is 0. The van der Waals surface area contributed by atoms with Gasteiger partial charge in [-0.1, -0.05) is 24.3 Å². The maximum atomic E-state index is 16.6. The smallest absolute Gasteiger partial charge is 0.407 e. The van der Waals surface area contributed by atoms with Crippen molar-refractivity contribution in [3.8, 4) is 0 Å². The number of aliphatic hydroxyl groups is 1. The summed E-state index contributed by atoms with van der Waals surface area (Å²) in [5.41, 5.74) is -2.47. The first-order valence-corrected chi connectivity index (χ1v) is 19.0. The van der Waals surface area contributed by atoms with E-state index in [-0.39, 0.29) is 96.9 Å². The number of alkyl carbamates (subject to hydrolysis) is 1. The number of nitrogens with zero attached hydrogens (tertiary/aromatic N) is 3. The fourth-order valence-electron chi connectivity index (χ4n) is 8.02. The summed E-state index contributed by atoms with van der Waals surface area (Å²) in [5.74, 6) is -1.40. The monoisotopic (exact) mass is 781 g/mol. The first-order chi connectivity index (χ1) is 26.9. The fourth-order valence-corrected chi connectivity index (χ4v) is 8.02. The number of halogens is 1. The number of aliphatic hydroxyl groups excluding tert-OH is 1. The van der Waals surface area contributed by atoms with Crippen molar-refractivity contribution in [2.45, 2.75) is 84.1 Å². The van der Waals surface area contributed by atoms with E-state index < -0.39 is 46.9 Å². The zero-order valence-corrected chi connectivity index (χ0v) is 32.5. The van der Waals surface area contributed by atoms with E-state index in [1.807, 2.05) is 20.8 Å². The van der Waals surface area contributed by atoms with Gasteiger partial charge < -0.3 is 38.5 Å². The third kappa shape index (κ3) is 7.04. The Morgan fingerprint density at radius 2 is 1.53 bits per heavy atom. The van der Waals surface area contributed by atoms with E-state index >= 15 is 4.39 Å². The molecule has 15 heteroatoms. The van der Waals surface area contributed by atoms with E-state index in [1.54, 1.807) is 54.3 Å². The van der Waals surface area contributed by atoms with Crippen LogP contribution >= 0.6 is 0 Å². The van der Waals surface area contributed by atoms with Gasteiger partial charge in [0.05, 0.1) is 22.5 Å². The number of nitrogens with one attached hydrogen (secondary N) is 2. The van der Waals surface area contributed by atoms with Gasteiger partial charge in [-0.15, -0.1) is 0 Å². The minimum Gasteiger partial charge on any atom is -0.451 e. The lowest BCUT2D eigenvalue weighted by Crippen LogP contribution is -2.44. The van der Waals surface area contributed by atoms with E-state index in [0.29, 0.717) is 19.4 Å². The van der Waals surface area contributed by atoms with Gasteiger partial charge in [0.25, 0.3) is 5.91 Å². The molecule has 2 amide bonds. The van der Waals surface area contributed by atoms with Crippen LogP contribution in [-0.2, 0) is 9.47 Å². The second-order valence-corrected chi connectivity index (χ2v) is 16.9. The number of hydrogen-bond acceptors (Lipinski definition) is 11. The minimum atomic E-state index is -1.27. The van der Waals surface area contributed by atoms with Gasteiger partial charge in [0.15, 0.2) is 27.8 Å². The predicted molar refractivity (Wildman–Crippen MR) is 214 cm³/mol. The number of amides is 2. The second kappa shape index (κ2) is 13.8. The molecule has 2 aromatic heterocycles. The van der Waals surface area contributed by atoms with Crippen molar-refractivity contribution in [3.63, 3.8) is 0 Å². The molecule has 4 heterocycles. The number of fused-ring (bicyclic) bond motifs is 4. The average Bonchev–Trinajstić information content (AvgIpc) is 3.78. The van der Waals surface area contributed by atoms with E-state index in [9.17, 15) is 29.1 Å². The highest BCUT2D eigenvalue weighted by Gasteiger charge is 2.34. The molecule has 298 valence electrons. The van der Waals surface area contributed by atoms with Crippen LogP contribution in [0.3, 0.4) is 0 Å². The van der Waals surface area contributed by atoms with Crippen molar-refractivity contribution in [1.29, 1.82) is 0 Å². The van der Waals surface area contributed by atoms with Gasteiger partial charge in [-0.2, -0.15) is 0 Å².